The molecule has 0 aliphatic rings. The standard InChI is InChI=1S/C14H23N5O2/c1-5-9(3)19-12-11(13(20)18(6-2)14(19)21)17(4)10(16-12)7-8-15/h9H,5-8,15H2,1-4H3. The Bertz CT molecular complexity index is 768. The van der Waals surface area contributed by atoms with Crippen LogP contribution in [0.4, 0.5) is 0 Å². The quantitative estimate of drug-likeness (QED) is 0.863. The molecule has 1 unspecified atom stereocenters. The maximum Gasteiger partial charge on any atom is 0.332 e. The lowest BCUT2D eigenvalue weighted by Crippen LogP contribution is -2.41. The lowest BCUT2D eigenvalue weighted by molar-refractivity contribution is 0.489. The SMILES string of the molecule is CCC(C)n1c(=O)n(CC)c(=O)c2c1nc(CCN)n2C. The molecule has 0 bridgehead atoms. The Morgan fingerprint density at radius 2 is 1.95 bits per heavy atom. The van der Waals surface area contributed by atoms with Crippen LogP contribution >= 0.6 is 0 Å². The third-order valence-electron chi connectivity index (χ3n) is 4.00. The van der Waals surface area contributed by atoms with E-state index in [9.17, 15) is 9.59 Å². The maximum absolute atomic E-state index is 12.6. The molecular formula is C14H23N5O2. The van der Waals surface area contributed by atoms with Crippen LogP contribution in [0.5, 0.6) is 0 Å². The molecule has 7 heteroatoms. The summed E-state index contributed by atoms with van der Waals surface area (Å²) in [5.74, 6) is 0.731. The van der Waals surface area contributed by atoms with Crippen molar-refractivity contribution in [2.24, 2.45) is 12.8 Å². The van der Waals surface area contributed by atoms with Crippen LogP contribution in [0.3, 0.4) is 0 Å². The van der Waals surface area contributed by atoms with Crippen molar-refractivity contribution >= 4 is 11.2 Å². The predicted octanol–water partition coefficient (Wildman–Crippen LogP) is 0.389. The fraction of sp³-hybridized carbons (Fsp3) is 0.643. The average molecular weight is 293 g/mol. The fourth-order valence-corrected chi connectivity index (χ4v) is 2.58. The van der Waals surface area contributed by atoms with Crippen LogP contribution < -0.4 is 17.0 Å². The van der Waals surface area contributed by atoms with Gasteiger partial charge in [-0.1, -0.05) is 6.92 Å². The molecular weight excluding hydrogens is 270 g/mol. The second-order valence-electron chi connectivity index (χ2n) is 5.26. The average Bonchev–Trinajstić information content (AvgIpc) is 2.77. The first-order valence-electron chi connectivity index (χ1n) is 7.38. The molecule has 0 saturated heterocycles. The molecule has 0 aliphatic heterocycles. The summed E-state index contributed by atoms with van der Waals surface area (Å²) < 4.78 is 4.65. The zero-order valence-electron chi connectivity index (χ0n) is 13.1. The van der Waals surface area contributed by atoms with Crippen LogP contribution in [0, 0.1) is 0 Å². The van der Waals surface area contributed by atoms with Gasteiger partial charge in [0.25, 0.3) is 5.56 Å². The largest absolute Gasteiger partial charge is 0.332 e. The monoisotopic (exact) mass is 293 g/mol. The van der Waals surface area contributed by atoms with Gasteiger partial charge in [0.1, 0.15) is 5.82 Å². The highest BCUT2D eigenvalue weighted by Crippen LogP contribution is 2.16. The summed E-state index contributed by atoms with van der Waals surface area (Å²) >= 11 is 0. The van der Waals surface area contributed by atoms with Gasteiger partial charge < -0.3 is 10.3 Å². The van der Waals surface area contributed by atoms with E-state index in [4.69, 9.17) is 5.73 Å². The molecule has 2 heterocycles. The number of hydrogen-bond donors (Lipinski definition) is 1. The van der Waals surface area contributed by atoms with E-state index in [-0.39, 0.29) is 17.3 Å². The smallest absolute Gasteiger partial charge is 0.330 e. The minimum absolute atomic E-state index is 0.0148. The van der Waals surface area contributed by atoms with Gasteiger partial charge >= 0.3 is 5.69 Å². The number of nitrogens with two attached hydrogens (primary N) is 1. The number of imidazole rings is 1. The first-order chi connectivity index (χ1) is 9.97. The minimum atomic E-state index is -0.290. The number of fused-ring (bicyclic) bond motifs is 1. The van der Waals surface area contributed by atoms with Crippen LogP contribution in [0.1, 0.15) is 39.1 Å². The van der Waals surface area contributed by atoms with Gasteiger partial charge in [0.2, 0.25) is 0 Å². The highest BCUT2D eigenvalue weighted by molar-refractivity contribution is 5.71. The molecule has 0 spiro atoms. The van der Waals surface area contributed by atoms with Crippen molar-refractivity contribution < 1.29 is 0 Å². The van der Waals surface area contributed by atoms with E-state index in [1.54, 1.807) is 23.1 Å². The molecule has 0 fully saturated rings. The van der Waals surface area contributed by atoms with E-state index in [1.165, 1.54) is 4.57 Å². The molecule has 2 aromatic rings. The molecule has 7 nitrogen and oxygen atoms in total. The summed E-state index contributed by atoms with van der Waals surface area (Å²) in [6, 6.07) is -0.0148. The molecule has 21 heavy (non-hydrogen) atoms. The van der Waals surface area contributed by atoms with E-state index in [0.29, 0.717) is 30.7 Å². The number of hydrogen-bond acceptors (Lipinski definition) is 4. The lowest BCUT2D eigenvalue weighted by Gasteiger charge is -2.15. The molecule has 2 N–H and O–H groups in total. The van der Waals surface area contributed by atoms with Gasteiger partial charge in [-0.2, -0.15) is 0 Å². The van der Waals surface area contributed by atoms with Crippen molar-refractivity contribution in [2.75, 3.05) is 6.54 Å². The summed E-state index contributed by atoms with van der Waals surface area (Å²) in [6.45, 7) is 6.57. The Labute approximate surface area is 123 Å². The predicted molar refractivity (Wildman–Crippen MR) is 82.7 cm³/mol. The van der Waals surface area contributed by atoms with Gasteiger partial charge in [-0.15, -0.1) is 0 Å². The molecule has 0 amide bonds. The summed E-state index contributed by atoms with van der Waals surface area (Å²) in [5.41, 5.74) is 5.96. The first-order valence-corrected chi connectivity index (χ1v) is 7.38. The van der Waals surface area contributed by atoms with E-state index in [2.05, 4.69) is 4.98 Å². The summed E-state index contributed by atoms with van der Waals surface area (Å²) in [4.78, 5) is 29.6. The summed E-state index contributed by atoms with van der Waals surface area (Å²) in [5, 5.41) is 0. The second-order valence-corrected chi connectivity index (χ2v) is 5.26. The topological polar surface area (TPSA) is 87.8 Å². The van der Waals surface area contributed by atoms with Crippen LogP contribution in [0.2, 0.25) is 0 Å². The highest BCUT2D eigenvalue weighted by Gasteiger charge is 2.21. The maximum atomic E-state index is 12.6. The Hall–Kier alpha value is -1.89. The van der Waals surface area contributed by atoms with Crippen molar-refractivity contribution in [1.82, 2.24) is 18.7 Å². The fourth-order valence-electron chi connectivity index (χ4n) is 2.58. The van der Waals surface area contributed by atoms with Gasteiger partial charge in [-0.3, -0.25) is 13.9 Å². The van der Waals surface area contributed by atoms with Crippen molar-refractivity contribution in [3.05, 3.63) is 26.7 Å². The highest BCUT2D eigenvalue weighted by atomic mass is 16.2. The van der Waals surface area contributed by atoms with E-state index < -0.39 is 0 Å². The molecule has 0 aromatic carbocycles. The number of aromatic nitrogens is 4. The normalized spacial score (nSPS) is 13.0. The van der Waals surface area contributed by atoms with Gasteiger partial charge in [0.15, 0.2) is 11.2 Å². The molecule has 0 saturated carbocycles. The Kier molecular flexibility index (Phi) is 4.32. The van der Waals surface area contributed by atoms with E-state index in [0.717, 1.165) is 12.2 Å². The van der Waals surface area contributed by atoms with Gasteiger partial charge in [0, 0.05) is 26.1 Å². The second kappa shape index (κ2) is 5.85. The Morgan fingerprint density at radius 1 is 1.29 bits per heavy atom. The molecule has 0 radical (unpaired) electrons. The van der Waals surface area contributed by atoms with Crippen LogP contribution in [0.25, 0.3) is 11.2 Å². The molecule has 116 valence electrons. The van der Waals surface area contributed by atoms with E-state index in [1.807, 2.05) is 13.8 Å². The summed E-state index contributed by atoms with van der Waals surface area (Å²) in [7, 11) is 1.80. The van der Waals surface area contributed by atoms with Gasteiger partial charge in [-0.05, 0) is 26.8 Å². The van der Waals surface area contributed by atoms with Crippen LogP contribution in [-0.2, 0) is 20.0 Å². The van der Waals surface area contributed by atoms with Crippen molar-refractivity contribution in [2.45, 2.75) is 46.2 Å². The zero-order valence-corrected chi connectivity index (χ0v) is 13.1. The van der Waals surface area contributed by atoms with Gasteiger partial charge in [-0.25, -0.2) is 9.78 Å². The number of rotatable bonds is 5. The molecule has 0 aliphatic carbocycles. The third-order valence-corrected chi connectivity index (χ3v) is 4.00. The van der Waals surface area contributed by atoms with Crippen molar-refractivity contribution in [3.63, 3.8) is 0 Å². The molecule has 2 aromatic heterocycles. The number of nitrogens with zero attached hydrogens (tertiary/aromatic N) is 4. The van der Waals surface area contributed by atoms with Crippen LogP contribution in [-0.4, -0.2) is 25.2 Å². The molecule has 1 atom stereocenters. The number of aryl methyl sites for hydroxylation is 1. The Morgan fingerprint density at radius 3 is 2.48 bits per heavy atom. The first kappa shape index (κ1) is 15.5. The summed E-state index contributed by atoms with van der Waals surface area (Å²) in [6.07, 6.45) is 1.37. The lowest BCUT2D eigenvalue weighted by atomic mass is 10.2. The third kappa shape index (κ3) is 2.31. The minimum Gasteiger partial charge on any atom is -0.330 e. The van der Waals surface area contributed by atoms with Crippen molar-refractivity contribution in [1.29, 1.82) is 0 Å². The van der Waals surface area contributed by atoms with Crippen molar-refractivity contribution in [3.8, 4) is 0 Å². The Balaban J connectivity index is 2.97. The molecule has 2 rings (SSSR count). The zero-order chi connectivity index (χ0) is 15.7. The van der Waals surface area contributed by atoms with Gasteiger partial charge in [0.05, 0.1) is 0 Å². The van der Waals surface area contributed by atoms with Crippen LogP contribution in [0.15, 0.2) is 9.59 Å². The van der Waals surface area contributed by atoms with E-state index >= 15 is 0 Å².